The van der Waals surface area contributed by atoms with Crippen LogP contribution in [0.15, 0.2) is 36.7 Å². The van der Waals surface area contributed by atoms with Crippen LogP contribution in [0.2, 0.25) is 5.15 Å². The van der Waals surface area contributed by atoms with Crippen molar-refractivity contribution >= 4 is 23.3 Å². The molecule has 0 saturated carbocycles. The molecule has 1 saturated heterocycles. The Balaban J connectivity index is 1.79. The smallest absolute Gasteiger partial charge is 0.244 e. The highest BCUT2D eigenvalue weighted by Gasteiger charge is 2.33. The minimum absolute atomic E-state index is 0.0535. The molecule has 1 aliphatic heterocycles. The molecular formula is C17H15ClN4O. The van der Waals surface area contributed by atoms with Crippen LogP contribution in [0.3, 0.4) is 0 Å². The quantitative estimate of drug-likeness (QED) is 0.597. The Labute approximate surface area is 139 Å². The summed E-state index contributed by atoms with van der Waals surface area (Å²) in [6, 6.07) is 7.33. The van der Waals surface area contributed by atoms with E-state index in [1.165, 1.54) is 0 Å². The summed E-state index contributed by atoms with van der Waals surface area (Å²) in [6.07, 6.45) is 3.78. The van der Waals surface area contributed by atoms with Gasteiger partial charge in [0, 0.05) is 43.0 Å². The van der Waals surface area contributed by atoms with Crippen molar-refractivity contribution in [1.82, 2.24) is 15.0 Å². The second-order valence-corrected chi connectivity index (χ2v) is 5.74. The van der Waals surface area contributed by atoms with E-state index < -0.39 is 0 Å². The van der Waals surface area contributed by atoms with Gasteiger partial charge in [0.1, 0.15) is 11.0 Å². The first kappa shape index (κ1) is 15.5. The molecule has 1 unspecified atom stereocenters. The number of aromatic nitrogens is 2. The largest absolute Gasteiger partial charge is 0.273 e. The van der Waals surface area contributed by atoms with Crippen molar-refractivity contribution in [3.63, 3.8) is 0 Å². The number of hydrogen-bond acceptors (Lipinski definition) is 4. The van der Waals surface area contributed by atoms with Crippen LogP contribution in [0.4, 0.5) is 5.82 Å². The Morgan fingerprint density at radius 2 is 2.00 bits per heavy atom. The van der Waals surface area contributed by atoms with Gasteiger partial charge in [0.2, 0.25) is 5.91 Å². The average molecular weight is 327 g/mol. The fourth-order valence-electron chi connectivity index (χ4n) is 2.34. The zero-order valence-corrected chi connectivity index (χ0v) is 13.6. The number of pyridine rings is 2. The second kappa shape index (κ2) is 6.37. The van der Waals surface area contributed by atoms with E-state index in [4.69, 9.17) is 11.6 Å². The van der Waals surface area contributed by atoms with Gasteiger partial charge in [-0.1, -0.05) is 23.4 Å². The molecule has 1 atom stereocenters. The molecule has 3 rings (SSSR count). The molecule has 1 aliphatic rings. The summed E-state index contributed by atoms with van der Waals surface area (Å²) in [4.78, 5) is 20.3. The second-order valence-electron chi connectivity index (χ2n) is 5.35. The number of amides is 1. The number of rotatable bonds is 1. The molecule has 2 aromatic heterocycles. The Morgan fingerprint density at radius 3 is 2.61 bits per heavy atom. The third-order valence-electron chi connectivity index (χ3n) is 3.70. The number of hydrazine groups is 1. The molecule has 5 nitrogen and oxygen atoms in total. The lowest BCUT2D eigenvalue weighted by Crippen LogP contribution is -2.39. The summed E-state index contributed by atoms with van der Waals surface area (Å²) in [5, 5.41) is 3.91. The molecule has 23 heavy (non-hydrogen) atoms. The normalized spacial score (nSPS) is 18.0. The van der Waals surface area contributed by atoms with Crippen molar-refractivity contribution in [1.29, 1.82) is 0 Å². The number of carbonyl (C=O) groups is 1. The van der Waals surface area contributed by atoms with Gasteiger partial charge in [0.15, 0.2) is 0 Å². The predicted molar refractivity (Wildman–Crippen MR) is 88.8 cm³/mol. The Morgan fingerprint density at radius 1 is 1.22 bits per heavy atom. The number of halogens is 1. The highest BCUT2D eigenvalue weighted by molar-refractivity contribution is 6.29. The van der Waals surface area contributed by atoms with Crippen LogP contribution in [0.1, 0.15) is 24.5 Å². The molecule has 0 aromatic carbocycles. The lowest BCUT2D eigenvalue weighted by atomic mass is 10.2. The van der Waals surface area contributed by atoms with Crippen molar-refractivity contribution in [2.24, 2.45) is 0 Å². The predicted octanol–water partition coefficient (Wildman–Crippen LogP) is 2.50. The van der Waals surface area contributed by atoms with E-state index in [9.17, 15) is 4.79 Å². The van der Waals surface area contributed by atoms with Gasteiger partial charge in [-0.15, -0.1) is 0 Å². The SMILES string of the molecule is CC1CC(=O)N(c2ccc(C#Cc3ccnc(Cl)c3)cn2)N1C. The van der Waals surface area contributed by atoms with Gasteiger partial charge >= 0.3 is 0 Å². The molecule has 1 fully saturated rings. The van der Waals surface area contributed by atoms with Gasteiger partial charge in [-0.2, -0.15) is 0 Å². The highest BCUT2D eigenvalue weighted by atomic mass is 35.5. The molecule has 1 amide bonds. The summed E-state index contributed by atoms with van der Waals surface area (Å²) in [7, 11) is 1.89. The van der Waals surface area contributed by atoms with Gasteiger partial charge in [0.25, 0.3) is 0 Å². The molecule has 0 bridgehead atoms. The zero-order valence-electron chi connectivity index (χ0n) is 12.8. The third-order valence-corrected chi connectivity index (χ3v) is 3.91. The fourth-order valence-corrected chi connectivity index (χ4v) is 2.52. The topological polar surface area (TPSA) is 49.3 Å². The number of carbonyl (C=O) groups excluding carboxylic acids is 1. The molecule has 0 spiro atoms. The van der Waals surface area contributed by atoms with Crippen LogP contribution >= 0.6 is 11.6 Å². The van der Waals surface area contributed by atoms with Crippen molar-refractivity contribution in [3.8, 4) is 11.8 Å². The average Bonchev–Trinajstić information content (AvgIpc) is 2.79. The molecule has 0 N–H and O–H groups in total. The van der Waals surface area contributed by atoms with E-state index in [1.54, 1.807) is 35.6 Å². The monoisotopic (exact) mass is 326 g/mol. The summed E-state index contributed by atoms with van der Waals surface area (Å²) >= 11 is 5.83. The Kier molecular flexibility index (Phi) is 4.28. The van der Waals surface area contributed by atoms with Gasteiger partial charge < -0.3 is 0 Å². The van der Waals surface area contributed by atoms with Crippen LogP contribution in [0.5, 0.6) is 0 Å². The minimum Gasteiger partial charge on any atom is -0.273 e. The summed E-state index contributed by atoms with van der Waals surface area (Å²) in [5.74, 6) is 6.70. The highest BCUT2D eigenvalue weighted by Crippen LogP contribution is 2.23. The van der Waals surface area contributed by atoms with Gasteiger partial charge in [0.05, 0.1) is 0 Å². The first-order valence-electron chi connectivity index (χ1n) is 7.20. The lowest BCUT2D eigenvalue weighted by molar-refractivity contribution is -0.117. The maximum Gasteiger partial charge on any atom is 0.244 e. The van der Waals surface area contributed by atoms with Crippen LogP contribution in [0, 0.1) is 11.8 Å². The van der Waals surface area contributed by atoms with Crippen LogP contribution in [0.25, 0.3) is 0 Å². The molecule has 6 heteroatoms. The van der Waals surface area contributed by atoms with E-state index in [2.05, 4.69) is 21.8 Å². The van der Waals surface area contributed by atoms with Crippen molar-refractivity contribution in [2.75, 3.05) is 12.1 Å². The molecule has 116 valence electrons. The molecule has 2 aromatic rings. The summed E-state index contributed by atoms with van der Waals surface area (Å²) in [5.41, 5.74) is 1.56. The lowest BCUT2D eigenvalue weighted by Gasteiger charge is -2.25. The van der Waals surface area contributed by atoms with Crippen molar-refractivity contribution in [3.05, 3.63) is 52.9 Å². The van der Waals surface area contributed by atoms with Crippen molar-refractivity contribution in [2.45, 2.75) is 19.4 Å². The zero-order chi connectivity index (χ0) is 16.4. The van der Waals surface area contributed by atoms with Crippen molar-refractivity contribution < 1.29 is 4.79 Å². The number of hydrogen-bond donors (Lipinski definition) is 0. The molecule has 0 radical (unpaired) electrons. The van der Waals surface area contributed by atoms with Gasteiger partial charge in [-0.25, -0.2) is 20.0 Å². The summed E-state index contributed by atoms with van der Waals surface area (Å²) < 4.78 is 0. The maximum atomic E-state index is 12.0. The molecular weight excluding hydrogens is 312 g/mol. The molecule has 3 heterocycles. The van der Waals surface area contributed by atoms with Crippen LogP contribution in [-0.2, 0) is 4.79 Å². The van der Waals surface area contributed by atoms with E-state index in [0.29, 0.717) is 17.4 Å². The van der Waals surface area contributed by atoms with Gasteiger partial charge in [-0.05, 0) is 31.2 Å². The number of anilines is 1. The first-order chi connectivity index (χ1) is 11.0. The Hall–Kier alpha value is -2.42. The number of nitrogens with zero attached hydrogens (tertiary/aromatic N) is 4. The van der Waals surface area contributed by atoms with E-state index in [0.717, 1.165) is 11.1 Å². The minimum atomic E-state index is 0.0535. The third kappa shape index (κ3) is 3.34. The van der Waals surface area contributed by atoms with Gasteiger partial charge in [-0.3, -0.25) is 4.79 Å². The summed E-state index contributed by atoms with van der Waals surface area (Å²) in [6.45, 7) is 2.01. The first-order valence-corrected chi connectivity index (χ1v) is 7.58. The van der Waals surface area contributed by atoms with E-state index >= 15 is 0 Å². The van der Waals surface area contributed by atoms with E-state index in [-0.39, 0.29) is 11.9 Å². The van der Waals surface area contributed by atoms with Crippen LogP contribution < -0.4 is 5.01 Å². The standard InChI is InChI=1S/C17H15ClN4O/c1-12-9-17(23)22(21(12)2)16-6-5-14(11-20-16)4-3-13-7-8-19-15(18)10-13/h5-8,10-12H,9H2,1-2H3. The van der Waals surface area contributed by atoms with Crippen LogP contribution in [-0.4, -0.2) is 34.0 Å². The Bertz CT molecular complexity index is 794. The molecule has 0 aliphatic carbocycles. The van der Waals surface area contributed by atoms with E-state index in [1.807, 2.05) is 25.0 Å². The fraction of sp³-hybridized carbons (Fsp3) is 0.235. The maximum absolute atomic E-state index is 12.0.